The summed E-state index contributed by atoms with van der Waals surface area (Å²) in [5.74, 6) is 0.719. The molecule has 0 fully saturated rings. The molecular formula is C26H20ClN3O3. The Labute approximate surface area is 194 Å². The van der Waals surface area contributed by atoms with Crippen LogP contribution in [-0.2, 0) is 4.79 Å². The number of aromatic nitrogens is 2. The van der Waals surface area contributed by atoms with Crippen molar-refractivity contribution in [1.82, 2.24) is 9.97 Å². The van der Waals surface area contributed by atoms with Crippen LogP contribution in [-0.4, -0.2) is 23.0 Å². The number of benzene rings is 3. The van der Waals surface area contributed by atoms with Gasteiger partial charge in [-0.15, -0.1) is 0 Å². The Hall–Kier alpha value is -4.03. The van der Waals surface area contributed by atoms with E-state index in [1.165, 1.54) is 6.08 Å². The van der Waals surface area contributed by atoms with Gasteiger partial charge in [-0.05, 0) is 48.4 Å². The molecule has 5 aromatic rings. The number of furan rings is 1. The molecule has 2 N–H and O–H groups in total. The molecule has 2 heterocycles. The second-order valence-corrected chi connectivity index (χ2v) is 8.06. The maximum atomic E-state index is 12.7. The van der Waals surface area contributed by atoms with Crippen LogP contribution in [0.1, 0.15) is 12.5 Å². The first-order chi connectivity index (χ1) is 16.0. The summed E-state index contributed by atoms with van der Waals surface area (Å²) in [5, 5.41) is 4.38. The van der Waals surface area contributed by atoms with Crippen LogP contribution in [0.15, 0.2) is 77.4 Å². The van der Waals surface area contributed by atoms with Gasteiger partial charge in [0.1, 0.15) is 11.3 Å². The summed E-state index contributed by atoms with van der Waals surface area (Å²) in [6.45, 7) is 1.87. The number of carbonyl (C=O) groups excluding carboxylic acids is 1. The van der Waals surface area contributed by atoms with Gasteiger partial charge >= 0.3 is 0 Å². The third-order valence-electron chi connectivity index (χ3n) is 5.45. The zero-order valence-electron chi connectivity index (χ0n) is 18.0. The van der Waals surface area contributed by atoms with E-state index in [4.69, 9.17) is 20.8 Å². The van der Waals surface area contributed by atoms with E-state index in [1.807, 2.05) is 67.6 Å². The fourth-order valence-electron chi connectivity index (χ4n) is 3.82. The second-order valence-electron chi connectivity index (χ2n) is 7.62. The minimum absolute atomic E-state index is 0.293. The summed E-state index contributed by atoms with van der Waals surface area (Å²) in [4.78, 5) is 20.2. The van der Waals surface area contributed by atoms with Crippen LogP contribution in [0.25, 0.3) is 38.7 Å². The summed E-state index contributed by atoms with van der Waals surface area (Å²) >= 11 is 6.04. The number of nitrogens with one attached hydrogen (secondary N) is 2. The molecular weight excluding hydrogens is 438 g/mol. The van der Waals surface area contributed by atoms with E-state index in [-0.39, 0.29) is 5.91 Å². The van der Waals surface area contributed by atoms with Gasteiger partial charge in [0.15, 0.2) is 0 Å². The number of amides is 1. The van der Waals surface area contributed by atoms with E-state index < -0.39 is 0 Å². The summed E-state index contributed by atoms with van der Waals surface area (Å²) in [6, 6.07) is 19.0. The molecule has 0 atom stereocenters. The highest BCUT2D eigenvalue weighted by molar-refractivity contribution is 6.30. The fourth-order valence-corrected chi connectivity index (χ4v) is 3.95. The molecule has 7 heteroatoms. The molecule has 164 valence electrons. The molecule has 0 saturated carbocycles. The minimum atomic E-state index is -0.293. The smallest absolute Gasteiger partial charge is 0.250 e. The van der Waals surface area contributed by atoms with Crippen LogP contribution in [0.4, 0.5) is 5.95 Å². The van der Waals surface area contributed by atoms with E-state index in [2.05, 4.69) is 15.3 Å². The predicted octanol–water partition coefficient (Wildman–Crippen LogP) is 6.68. The number of hydrogen-bond donors (Lipinski definition) is 2. The molecule has 0 unspecified atom stereocenters. The molecule has 3 aromatic carbocycles. The number of fused-ring (bicyclic) bond motifs is 2. The number of allylic oxidation sites excluding steroid dienone is 1. The maximum absolute atomic E-state index is 12.7. The highest BCUT2D eigenvalue weighted by atomic mass is 35.5. The van der Waals surface area contributed by atoms with Crippen molar-refractivity contribution < 1.29 is 13.9 Å². The van der Waals surface area contributed by atoms with E-state index in [0.717, 1.165) is 38.7 Å². The highest BCUT2D eigenvalue weighted by Gasteiger charge is 2.15. The minimum Gasteiger partial charge on any atom is -0.496 e. The number of hydrogen-bond acceptors (Lipinski definition) is 4. The van der Waals surface area contributed by atoms with Crippen molar-refractivity contribution in [1.29, 1.82) is 0 Å². The van der Waals surface area contributed by atoms with Crippen molar-refractivity contribution in [3.63, 3.8) is 0 Å². The molecule has 33 heavy (non-hydrogen) atoms. The summed E-state index contributed by atoms with van der Waals surface area (Å²) in [6.07, 6.45) is 3.24. The Kier molecular flexibility index (Phi) is 5.36. The maximum Gasteiger partial charge on any atom is 0.250 e. The molecule has 1 amide bonds. The van der Waals surface area contributed by atoms with Crippen molar-refractivity contribution in [2.45, 2.75) is 6.92 Å². The molecule has 2 aromatic heterocycles. The first-order valence-electron chi connectivity index (χ1n) is 10.3. The fraction of sp³-hybridized carbons (Fsp3) is 0.0769. The standard InChI is InChI=1S/C26H20ClN3O3/c1-15(11-25(31)30-26-28-21-5-3-4-6-22(21)29-26)18-12-19-20(16-7-9-17(27)10-8-16)14-33-24(19)13-23(18)32-2/h3-14H,1-2H3,(H2,28,29,30,31)/b15-11+. The zero-order valence-corrected chi connectivity index (χ0v) is 18.7. The Bertz CT molecular complexity index is 1480. The lowest BCUT2D eigenvalue weighted by Gasteiger charge is -2.10. The van der Waals surface area contributed by atoms with Gasteiger partial charge in [0.25, 0.3) is 5.91 Å². The predicted molar refractivity (Wildman–Crippen MR) is 132 cm³/mol. The Morgan fingerprint density at radius 1 is 1.15 bits per heavy atom. The summed E-state index contributed by atoms with van der Waals surface area (Å²) in [5.41, 5.74) is 5.79. The molecule has 0 spiro atoms. The molecule has 0 aliphatic rings. The lowest BCUT2D eigenvalue weighted by molar-refractivity contribution is -0.111. The molecule has 0 saturated heterocycles. The van der Waals surface area contributed by atoms with Gasteiger partial charge in [-0.3, -0.25) is 10.1 Å². The number of anilines is 1. The van der Waals surface area contributed by atoms with Crippen LogP contribution < -0.4 is 10.1 Å². The van der Waals surface area contributed by atoms with Crippen LogP contribution >= 0.6 is 11.6 Å². The van der Waals surface area contributed by atoms with Crippen molar-refractivity contribution in [2.24, 2.45) is 0 Å². The van der Waals surface area contributed by atoms with Crippen molar-refractivity contribution in [3.05, 3.63) is 83.6 Å². The number of nitrogens with zero attached hydrogens (tertiary/aromatic N) is 1. The van der Waals surface area contributed by atoms with E-state index >= 15 is 0 Å². The zero-order chi connectivity index (χ0) is 22.9. The van der Waals surface area contributed by atoms with E-state index in [1.54, 1.807) is 13.4 Å². The van der Waals surface area contributed by atoms with Crippen molar-refractivity contribution in [2.75, 3.05) is 12.4 Å². The normalized spacial score (nSPS) is 11.8. The molecule has 0 aliphatic heterocycles. The number of imidazole rings is 1. The topological polar surface area (TPSA) is 80.2 Å². The quantitative estimate of drug-likeness (QED) is 0.288. The average Bonchev–Trinajstić information content (AvgIpc) is 3.41. The number of H-pyrrole nitrogens is 1. The lowest BCUT2D eigenvalue weighted by Crippen LogP contribution is -2.09. The Morgan fingerprint density at radius 3 is 2.70 bits per heavy atom. The van der Waals surface area contributed by atoms with Crippen LogP contribution in [0.3, 0.4) is 0 Å². The average molecular weight is 458 g/mol. The van der Waals surface area contributed by atoms with Crippen LogP contribution in [0.2, 0.25) is 5.02 Å². The second kappa shape index (κ2) is 8.48. The Balaban J connectivity index is 1.48. The SMILES string of the molecule is COc1cc2occ(-c3ccc(Cl)cc3)c2cc1/C(C)=C/C(=O)Nc1nc2ccccc2[nH]1. The number of para-hydroxylation sites is 2. The molecule has 6 nitrogen and oxygen atoms in total. The largest absolute Gasteiger partial charge is 0.496 e. The Morgan fingerprint density at radius 2 is 1.94 bits per heavy atom. The molecule has 0 bridgehead atoms. The monoisotopic (exact) mass is 457 g/mol. The number of methoxy groups -OCH3 is 1. The third kappa shape index (κ3) is 4.08. The number of ether oxygens (including phenoxy) is 1. The van der Waals surface area contributed by atoms with Gasteiger partial charge in [0.05, 0.1) is 24.4 Å². The number of halogens is 1. The number of aromatic amines is 1. The molecule has 0 aliphatic carbocycles. The van der Waals surface area contributed by atoms with Crippen molar-refractivity contribution >= 4 is 51.0 Å². The molecule has 5 rings (SSSR count). The van der Waals surface area contributed by atoms with Gasteiger partial charge in [0.2, 0.25) is 5.95 Å². The third-order valence-corrected chi connectivity index (χ3v) is 5.71. The number of carbonyl (C=O) groups is 1. The van der Waals surface area contributed by atoms with Gasteiger partial charge < -0.3 is 14.1 Å². The van der Waals surface area contributed by atoms with E-state index in [9.17, 15) is 4.79 Å². The van der Waals surface area contributed by atoms with Crippen LogP contribution in [0, 0.1) is 0 Å². The first kappa shape index (κ1) is 20.8. The van der Waals surface area contributed by atoms with Crippen molar-refractivity contribution in [3.8, 4) is 16.9 Å². The van der Waals surface area contributed by atoms with Crippen LogP contribution in [0.5, 0.6) is 5.75 Å². The van der Waals surface area contributed by atoms with Gasteiger partial charge in [-0.2, -0.15) is 0 Å². The number of rotatable bonds is 5. The van der Waals surface area contributed by atoms with E-state index in [0.29, 0.717) is 22.3 Å². The first-order valence-corrected chi connectivity index (χ1v) is 10.7. The van der Waals surface area contributed by atoms with Gasteiger partial charge in [-0.25, -0.2) is 4.98 Å². The summed E-state index contributed by atoms with van der Waals surface area (Å²) in [7, 11) is 1.59. The molecule has 0 radical (unpaired) electrons. The lowest BCUT2D eigenvalue weighted by atomic mass is 9.99. The van der Waals surface area contributed by atoms with Gasteiger partial charge in [-0.1, -0.05) is 35.9 Å². The summed E-state index contributed by atoms with van der Waals surface area (Å²) < 4.78 is 11.4. The highest BCUT2D eigenvalue weighted by Crippen LogP contribution is 2.37. The van der Waals surface area contributed by atoms with Gasteiger partial charge in [0, 0.05) is 33.7 Å².